The van der Waals surface area contributed by atoms with Crippen molar-refractivity contribution in [2.24, 2.45) is 62.1 Å². The first-order valence-electron chi connectivity index (χ1n) is 21.6. The van der Waals surface area contributed by atoms with Crippen LogP contribution in [0.15, 0.2) is 11.1 Å². The highest BCUT2D eigenvalue weighted by atomic mass is 16.5. The molecule has 0 aromatic carbocycles. The zero-order valence-corrected chi connectivity index (χ0v) is 35.9. The number of amides is 1. The zero-order chi connectivity index (χ0) is 40.7. The fraction of sp³-hybridized carbons (Fsp3) is 0.848. The van der Waals surface area contributed by atoms with Crippen LogP contribution in [0.1, 0.15) is 160 Å². The molecule has 1 aliphatic heterocycles. The van der Waals surface area contributed by atoms with Gasteiger partial charge < -0.3 is 19.5 Å². The molecule has 55 heavy (non-hydrogen) atoms. The van der Waals surface area contributed by atoms with Crippen LogP contribution in [0, 0.1) is 62.1 Å². The number of ketones is 1. The summed E-state index contributed by atoms with van der Waals surface area (Å²) in [6, 6.07) is 0. The van der Waals surface area contributed by atoms with Gasteiger partial charge in [0.2, 0.25) is 5.91 Å². The number of esters is 2. The third-order valence-electron chi connectivity index (χ3n) is 16.9. The molecule has 1 N–H and O–H groups in total. The van der Waals surface area contributed by atoms with Crippen LogP contribution in [-0.2, 0) is 33.4 Å². The van der Waals surface area contributed by atoms with Gasteiger partial charge in [-0.15, -0.1) is 0 Å². The Bertz CT molecular complexity index is 1620. The highest BCUT2D eigenvalue weighted by molar-refractivity contribution is 6.07. The number of ether oxygens (including phenoxy) is 2. The number of Topliss-reactive ketones (excluding diaryl/α,β-unsaturated/α-hetero) is 1. The molecule has 4 saturated carbocycles. The molecule has 0 aromatic rings. The van der Waals surface area contributed by atoms with E-state index in [9.17, 15) is 29.1 Å². The van der Waals surface area contributed by atoms with Gasteiger partial charge in [-0.1, -0.05) is 48.5 Å². The van der Waals surface area contributed by atoms with E-state index in [1.54, 1.807) is 13.8 Å². The molecule has 9 nitrogen and oxygen atoms in total. The Hall–Kier alpha value is -2.71. The first-order chi connectivity index (χ1) is 25.4. The Morgan fingerprint density at radius 2 is 1.47 bits per heavy atom. The number of piperidine rings is 1. The van der Waals surface area contributed by atoms with E-state index >= 15 is 0 Å². The predicted octanol–water partition coefficient (Wildman–Crippen LogP) is 8.96. The summed E-state index contributed by atoms with van der Waals surface area (Å²) in [5, 5.41) is 9.62. The summed E-state index contributed by atoms with van der Waals surface area (Å²) in [5.74, 6) is -0.0721. The van der Waals surface area contributed by atoms with E-state index in [-0.39, 0.29) is 75.7 Å². The molecule has 0 bridgehead atoms. The maximum Gasteiger partial charge on any atom is 0.309 e. The Kier molecular flexibility index (Phi) is 10.9. The van der Waals surface area contributed by atoms with Crippen LogP contribution >= 0.6 is 0 Å². The number of carbonyl (C=O) groups excluding carboxylic acids is 4. The number of fused-ring (bicyclic) bond motifs is 7. The SMILES string of the molecule is CC(C)OC(=O)CC1CCN(C(=O)[C@@]23CC[C@]4(C)[C@H](CC[C@@H]5[C@@]6(C)CC[C@H](OC(=O)CC(C)(C)C(=O)O)C(C)(C)[C@@H]6CC[C@]54C)C2=C(C(C)C)C(=O)C3)CC1. The van der Waals surface area contributed by atoms with Crippen LogP contribution in [0.3, 0.4) is 0 Å². The minimum absolute atomic E-state index is 0.00511. The zero-order valence-electron chi connectivity index (χ0n) is 35.9. The van der Waals surface area contributed by atoms with Crippen molar-refractivity contribution in [3.63, 3.8) is 0 Å². The summed E-state index contributed by atoms with van der Waals surface area (Å²) in [7, 11) is 0. The number of likely N-dealkylation sites (tertiary alicyclic amines) is 1. The summed E-state index contributed by atoms with van der Waals surface area (Å²) >= 11 is 0. The molecular formula is C46H71NO8. The number of hydrogen-bond acceptors (Lipinski definition) is 7. The van der Waals surface area contributed by atoms with Crippen molar-refractivity contribution in [1.82, 2.24) is 4.90 Å². The standard InChI is InChI=1S/C46H71NO8/c1-27(2)37-31(48)25-46(39(51)47-22-16-29(17-23-47)24-35(49)54-28(3)4)21-20-44(10)30(38(37)46)12-13-33-43(9)18-15-34(55-36(50)26-41(5,6)40(52)53)42(7,8)32(43)14-19-45(33,44)11/h27-30,32-34H,12-26H2,1-11H3,(H,52,53)/t30-,32+,33-,34+,43+,44-,45-,46-/m1/s1. The predicted molar refractivity (Wildman–Crippen MR) is 210 cm³/mol. The van der Waals surface area contributed by atoms with Crippen LogP contribution in [0.5, 0.6) is 0 Å². The highest BCUT2D eigenvalue weighted by Crippen LogP contribution is 2.77. The lowest BCUT2D eigenvalue weighted by atomic mass is 9.33. The normalized spacial score (nSPS) is 37.5. The maximum atomic E-state index is 15.0. The number of nitrogens with zero attached hydrogens (tertiary/aromatic N) is 1. The number of carboxylic acids is 1. The number of rotatable bonds is 9. The molecule has 308 valence electrons. The third-order valence-corrected chi connectivity index (χ3v) is 16.9. The lowest BCUT2D eigenvalue weighted by Gasteiger charge is -2.72. The van der Waals surface area contributed by atoms with Crippen molar-refractivity contribution >= 4 is 29.6 Å². The topological polar surface area (TPSA) is 127 Å². The molecular weight excluding hydrogens is 695 g/mol. The number of allylic oxidation sites excluding steroid dienone is 1. The smallest absolute Gasteiger partial charge is 0.309 e. The second-order valence-electron chi connectivity index (χ2n) is 21.5. The molecule has 1 heterocycles. The minimum Gasteiger partial charge on any atom is -0.481 e. The Balaban J connectivity index is 1.25. The summed E-state index contributed by atoms with van der Waals surface area (Å²) in [4.78, 5) is 68.5. The molecule has 0 aromatic heterocycles. The van der Waals surface area contributed by atoms with E-state index in [0.717, 1.165) is 63.4 Å². The number of carboxylic acid groups (broad SMARTS) is 1. The van der Waals surface area contributed by atoms with Crippen molar-refractivity contribution < 1.29 is 38.6 Å². The molecule has 8 atom stereocenters. The van der Waals surface area contributed by atoms with E-state index in [2.05, 4.69) is 48.5 Å². The van der Waals surface area contributed by atoms with Gasteiger partial charge in [0.15, 0.2) is 5.78 Å². The molecule has 0 spiro atoms. The molecule has 6 aliphatic rings. The van der Waals surface area contributed by atoms with Gasteiger partial charge in [-0.05, 0) is 149 Å². The van der Waals surface area contributed by atoms with Crippen LogP contribution < -0.4 is 0 Å². The summed E-state index contributed by atoms with van der Waals surface area (Å²) in [6.45, 7) is 24.4. The second kappa shape index (κ2) is 14.3. The monoisotopic (exact) mass is 766 g/mol. The summed E-state index contributed by atoms with van der Waals surface area (Å²) in [5.41, 5.74) is -0.148. The Morgan fingerprint density at radius 3 is 2.07 bits per heavy atom. The minimum atomic E-state index is -1.18. The summed E-state index contributed by atoms with van der Waals surface area (Å²) < 4.78 is 11.6. The van der Waals surface area contributed by atoms with Gasteiger partial charge in [0.25, 0.3) is 0 Å². The van der Waals surface area contributed by atoms with Crippen molar-refractivity contribution in [3.8, 4) is 0 Å². The van der Waals surface area contributed by atoms with E-state index in [4.69, 9.17) is 9.47 Å². The Morgan fingerprint density at radius 1 is 0.818 bits per heavy atom. The van der Waals surface area contributed by atoms with Crippen LogP contribution in [-0.4, -0.2) is 64.9 Å². The number of aliphatic carboxylic acids is 1. The largest absolute Gasteiger partial charge is 0.481 e. The Labute approximate surface area is 330 Å². The fourth-order valence-electron chi connectivity index (χ4n) is 13.9. The summed E-state index contributed by atoms with van der Waals surface area (Å²) in [6.07, 6.45) is 9.10. The van der Waals surface area contributed by atoms with Gasteiger partial charge in [0.1, 0.15) is 6.10 Å². The van der Waals surface area contributed by atoms with E-state index in [1.807, 2.05) is 18.7 Å². The second-order valence-corrected chi connectivity index (χ2v) is 21.5. The molecule has 9 heteroatoms. The third kappa shape index (κ3) is 6.71. The molecule has 5 fully saturated rings. The first-order valence-corrected chi connectivity index (χ1v) is 21.6. The van der Waals surface area contributed by atoms with Crippen molar-refractivity contribution in [3.05, 3.63) is 11.1 Å². The van der Waals surface area contributed by atoms with Gasteiger partial charge in [-0.3, -0.25) is 24.0 Å². The molecule has 5 aliphatic carbocycles. The quantitative estimate of drug-likeness (QED) is 0.231. The molecule has 1 saturated heterocycles. The van der Waals surface area contributed by atoms with Crippen LogP contribution in [0.25, 0.3) is 0 Å². The van der Waals surface area contributed by atoms with Gasteiger partial charge >= 0.3 is 17.9 Å². The average Bonchev–Trinajstić information content (AvgIpc) is 3.39. The average molecular weight is 766 g/mol. The van der Waals surface area contributed by atoms with Crippen molar-refractivity contribution in [2.45, 2.75) is 172 Å². The fourth-order valence-corrected chi connectivity index (χ4v) is 13.9. The van der Waals surface area contributed by atoms with Crippen molar-refractivity contribution in [2.75, 3.05) is 13.1 Å². The van der Waals surface area contributed by atoms with E-state index < -0.39 is 22.8 Å². The van der Waals surface area contributed by atoms with Gasteiger partial charge in [-0.2, -0.15) is 0 Å². The van der Waals surface area contributed by atoms with Gasteiger partial charge in [-0.25, -0.2) is 0 Å². The van der Waals surface area contributed by atoms with E-state index in [0.29, 0.717) is 44.2 Å². The lowest BCUT2D eigenvalue weighted by molar-refractivity contribution is -0.233. The molecule has 0 unspecified atom stereocenters. The number of carbonyl (C=O) groups is 5. The van der Waals surface area contributed by atoms with Crippen LogP contribution in [0.4, 0.5) is 0 Å². The number of hydrogen-bond donors (Lipinski definition) is 1. The molecule has 6 rings (SSSR count). The maximum absolute atomic E-state index is 15.0. The van der Waals surface area contributed by atoms with Gasteiger partial charge in [0.05, 0.1) is 23.4 Å². The van der Waals surface area contributed by atoms with Crippen molar-refractivity contribution in [1.29, 1.82) is 0 Å². The highest BCUT2D eigenvalue weighted by Gasteiger charge is 2.71. The lowest BCUT2D eigenvalue weighted by Crippen LogP contribution is -2.66. The van der Waals surface area contributed by atoms with E-state index in [1.165, 1.54) is 5.57 Å². The molecule has 1 amide bonds. The van der Waals surface area contributed by atoms with Crippen LogP contribution in [0.2, 0.25) is 0 Å². The molecule has 0 radical (unpaired) electrons. The van der Waals surface area contributed by atoms with Gasteiger partial charge in [0, 0.05) is 31.3 Å². The first kappa shape index (κ1) is 41.9.